The number of unbranched alkanes of at least 4 members (excludes halogenated alkanes) is 2. The maximum Gasteiger partial charge on any atom is 0.294 e. The molecule has 3 heterocycles. The zero-order chi connectivity index (χ0) is 20.9. The second-order valence-electron chi connectivity index (χ2n) is 7.30. The van der Waals surface area contributed by atoms with Gasteiger partial charge in [0, 0.05) is 25.0 Å². The number of rotatable bonds is 11. The lowest BCUT2D eigenvalue weighted by molar-refractivity contribution is -0.134. The Morgan fingerprint density at radius 2 is 1.90 bits per heavy atom. The largest absolute Gasteiger partial charge is 0.479 e. The van der Waals surface area contributed by atoms with Crippen LogP contribution in [0.15, 0.2) is 12.5 Å². The standard InChI is InChI=1S/C20H30F2N4O3/c1-4-6-8-28-11-14-18(29-9-7-5-2)20(21,22)17(26-14)13-10-23-16-15(13)24-12-25-19(16)27-3/h10,12,14,17-18,23,26H,4-9,11H2,1-3H3/t14-,17-,18-/m1/s1. The molecule has 0 aliphatic carbocycles. The molecule has 3 atom stereocenters. The van der Waals surface area contributed by atoms with E-state index < -0.39 is 24.1 Å². The van der Waals surface area contributed by atoms with Crippen LogP contribution in [0.25, 0.3) is 11.0 Å². The second kappa shape index (κ2) is 9.77. The molecule has 162 valence electrons. The van der Waals surface area contributed by atoms with Crippen LogP contribution < -0.4 is 10.1 Å². The fourth-order valence-corrected chi connectivity index (χ4v) is 3.63. The molecule has 2 aromatic rings. The first-order valence-electron chi connectivity index (χ1n) is 10.2. The maximum absolute atomic E-state index is 15.5. The summed E-state index contributed by atoms with van der Waals surface area (Å²) in [4.78, 5) is 11.2. The van der Waals surface area contributed by atoms with Crippen molar-refractivity contribution in [3.63, 3.8) is 0 Å². The van der Waals surface area contributed by atoms with Gasteiger partial charge in [0.15, 0.2) is 0 Å². The summed E-state index contributed by atoms with van der Waals surface area (Å²) in [5.74, 6) is -2.81. The fourth-order valence-electron chi connectivity index (χ4n) is 3.63. The maximum atomic E-state index is 15.5. The van der Waals surface area contributed by atoms with E-state index in [9.17, 15) is 0 Å². The molecule has 9 heteroatoms. The van der Waals surface area contributed by atoms with Gasteiger partial charge in [0.1, 0.15) is 29.5 Å². The van der Waals surface area contributed by atoms with Gasteiger partial charge in [-0.25, -0.2) is 13.8 Å². The number of hydrogen-bond donors (Lipinski definition) is 2. The molecule has 2 aromatic heterocycles. The lowest BCUT2D eigenvalue weighted by atomic mass is 10.0. The third-order valence-electron chi connectivity index (χ3n) is 5.21. The van der Waals surface area contributed by atoms with Gasteiger partial charge in [-0.05, 0) is 12.8 Å². The molecule has 1 aliphatic rings. The molecule has 7 nitrogen and oxygen atoms in total. The summed E-state index contributed by atoms with van der Waals surface area (Å²) in [5, 5.41) is 3.05. The number of aromatic nitrogens is 3. The predicted molar refractivity (Wildman–Crippen MR) is 105 cm³/mol. The number of fused-ring (bicyclic) bond motifs is 1. The van der Waals surface area contributed by atoms with E-state index in [1.54, 1.807) is 0 Å². The average Bonchev–Trinajstić information content (AvgIpc) is 3.24. The van der Waals surface area contributed by atoms with E-state index in [-0.39, 0.29) is 6.61 Å². The lowest BCUT2D eigenvalue weighted by Crippen LogP contribution is -2.42. The molecule has 0 radical (unpaired) electrons. The highest BCUT2D eigenvalue weighted by Crippen LogP contribution is 2.45. The SMILES string of the molecule is CCCCOC[C@H]1N[C@H](c2c[nH]c3c(OC)ncnc23)C(F)(F)[C@@H]1OCCCC. The van der Waals surface area contributed by atoms with Crippen LogP contribution in [-0.2, 0) is 9.47 Å². The second-order valence-corrected chi connectivity index (χ2v) is 7.30. The number of aromatic amines is 1. The van der Waals surface area contributed by atoms with Crippen molar-refractivity contribution < 1.29 is 23.0 Å². The van der Waals surface area contributed by atoms with E-state index in [1.165, 1.54) is 19.6 Å². The monoisotopic (exact) mass is 412 g/mol. The molecule has 0 saturated carbocycles. The zero-order valence-corrected chi connectivity index (χ0v) is 17.2. The van der Waals surface area contributed by atoms with Gasteiger partial charge < -0.3 is 19.2 Å². The van der Waals surface area contributed by atoms with Crippen molar-refractivity contribution >= 4 is 11.0 Å². The number of nitrogens with zero attached hydrogens (tertiary/aromatic N) is 2. The van der Waals surface area contributed by atoms with Crippen LogP contribution in [0.4, 0.5) is 8.78 Å². The van der Waals surface area contributed by atoms with E-state index in [0.29, 0.717) is 35.7 Å². The molecular formula is C20H30F2N4O3. The molecule has 1 fully saturated rings. The molecule has 1 saturated heterocycles. The number of H-pyrrole nitrogens is 1. The summed E-state index contributed by atoms with van der Waals surface area (Å²) in [6, 6.07) is -1.86. The number of nitrogens with one attached hydrogen (secondary N) is 2. The van der Waals surface area contributed by atoms with Gasteiger partial charge in [-0.15, -0.1) is 0 Å². The molecule has 29 heavy (non-hydrogen) atoms. The Balaban J connectivity index is 1.86. The topological polar surface area (TPSA) is 81.3 Å². The van der Waals surface area contributed by atoms with Gasteiger partial charge in [0.2, 0.25) is 5.88 Å². The van der Waals surface area contributed by atoms with E-state index in [2.05, 4.69) is 27.2 Å². The minimum Gasteiger partial charge on any atom is -0.479 e. The highest BCUT2D eigenvalue weighted by atomic mass is 19.3. The Bertz CT molecular complexity index is 786. The summed E-state index contributed by atoms with van der Waals surface area (Å²) >= 11 is 0. The number of methoxy groups -OCH3 is 1. The molecular weight excluding hydrogens is 382 g/mol. The van der Waals surface area contributed by atoms with Gasteiger partial charge in [-0.2, -0.15) is 4.98 Å². The molecule has 0 spiro atoms. The van der Waals surface area contributed by atoms with E-state index in [4.69, 9.17) is 14.2 Å². The Morgan fingerprint density at radius 1 is 1.14 bits per heavy atom. The molecule has 2 N–H and O–H groups in total. The van der Waals surface area contributed by atoms with E-state index >= 15 is 8.78 Å². The fraction of sp³-hybridized carbons (Fsp3) is 0.700. The van der Waals surface area contributed by atoms with Crippen molar-refractivity contribution in [3.8, 4) is 5.88 Å². The van der Waals surface area contributed by atoms with Crippen molar-refractivity contribution in [1.82, 2.24) is 20.3 Å². The first-order valence-corrected chi connectivity index (χ1v) is 10.2. The molecule has 1 aliphatic heterocycles. The first-order chi connectivity index (χ1) is 14.0. The Labute approximate surface area is 169 Å². The smallest absolute Gasteiger partial charge is 0.294 e. The minimum atomic E-state index is -3.13. The van der Waals surface area contributed by atoms with Crippen LogP contribution in [0.1, 0.15) is 51.1 Å². The van der Waals surface area contributed by atoms with Crippen molar-refractivity contribution in [2.24, 2.45) is 0 Å². The van der Waals surface area contributed by atoms with E-state index in [0.717, 1.165) is 25.7 Å². The quantitative estimate of drug-likeness (QED) is 0.549. The van der Waals surface area contributed by atoms with Crippen LogP contribution in [0.5, 0.6) is 5.88 Å². The zero-order valence-electron chi connectivity index (χ0n) is 17.2. The van der Waals surface area contributed by atoms with Crippen LogP contribution in [0.2, 0.25) is 0 Å². The first kappa shape index (κ1) is 21.9. The lowest BCUT2D eigenvalue weighted by Gasteiger charge is -2.25. The predicted octanol–water partition coefficient (Wildman–Crippen LogP) is 3.62. The number of halogens is 2. The highest BCUT2D eigenvalue weighted by Gasteiger charge is 2.59. The Kier molecular flexibility index (Phi) is 7.37. The normalized spacial score (nSPS) is 23.7. The van der Waals surface area contributed by atoms with Gasteiger partial charge in [0.25, 0.3) is 5.92 Å². The Hall–Kier alpha value is -1.84. The molecule has 0 unspecified atom stereocenters. The van der Waals surface area contributed by atoms with Crippen molar-refractivity contribution in [1.29, 1.82) is 0 Å². The summed E-state index contributed by atoms with van der Waals surface area (Å²) < 4.78 is 47.4. The molecule has 3 rings (SSSR count). The molecule has 0 amide bonds. The van der Waals surface area contributed by atoms with E-state index in [1.807, 2.05) is 6.92 Å². The van der Waals surface area contributed by atoms with Crippen LogP contribution in [0, 0.1) is 0 Å². The highest BCUT2D eigenvalue weighted by molar-refractivity contribution is 5.83. The third kappa shape index (κ3) is 4.51. The van der Waals surface area contributed by atoms with Gasteiger partial charge in [0.05, 0.1) is 19.8 Å². The summed E-state index contributed by atoms with van der Waals surface area (Å²) in [5.41, 5.74) is 1.27. The van der Waals surface area contributed by atoms with Crippen molar-refractivity contribution in [2.45, 2.75) is 63.6 Å². The van der Waals surface area contributed by atoms with Crippen LogP contribution in [-0.4, -0.2) is 60.0 Å². The van der Waals surface area contributed by atoms with Gasteiger partial charge in [-0.3, -0.25) is 5.32 Å². The van der Waals surface area contributed by atoms with Gasteiger partial charge >= 0.3 is 0 Å². The minimum absolute atomic E-state index is 0.170. The molecule has 0 bridgehead atoms. The van der Waals surface area contributed by atoms with Crippen molar-refractivity contribution in [2.75, 3.05) is 26.9 Å². The molecule has 0 aromatic carbocycles. The van der Waals surface area contributed by atoms with Crippen LogP contribution >= 0.6 is 0 Å². The summed E-state index contributed by atoms with van der Waals surface area (Å²) in [6.45, 7) is 5.07. The van der Waals surface area contributed by atoms with Gasteiger partial charge in [-0.1, -0.05) is 26.7 Å². The number of ether oxygens (including phenoxy) is 3. The van der Waals surface area contributed by atoms with Crippen molar-refractivity contribution in [3.05, 3.63) is 18.1 Å². The Morgan fingerprint density at radius 3 is 2.62 bits per heavy atom. The summed E-state index contributed by atoms with van der Waals surface area (Å²) in [7, 11) is 1.48. The number of hydrogen-bond acceptors (Lipinski definition) is 6. The average molecular weight is 412 g/mol. The number of alkyl halides is 2. The summed E-state index contributed by atoms with van der Waals surface area (Å²) in [6.07, 6.45) is 5.08. The van der Waals surface area contributed by atoms with Crippen LogP contribution in [0.3, 0.4) is 0 Å². The third-order valence-corrected chi connectivity index (χ3v) is 5.21.